The predicted octanol–water partition coefficient (Wildman–Crippen LogP) is 2.47. The molecule has 1 unspecified atom stereocenters. The van der Waals surface area contributed by atoms with Crippen molar-refractivity contribution in [2.24, 2.45) is 5.73 Å². The van der Waals surface area contributed by atoms with E-state index >= 15 is 0 Å². The molecule has 0 aliphatic rings. The molecule has 0 aromatic heterocycles. The van der Waals surface area contributed by atoms with Gasteiger partial charge in [0.05, 0.1) is 6.10 Å². The van der Waals surface area contributed by atoms with Crippen LogP contribution in [0.2, 0.25) is 0 Å². The Morgan fingerprint density at radius 3 is 2.41 bits per heavy atom. The SMILES string of the molecule is CNCCCC(N)c1ccc(OC(C)C)cc1. The van der Waals surface area contributed by atoms with Gasteiger partial charge in [0.15, 0.2) is 0 Å². The van der Waals surface area contributed by atoms with Gasteiger partial charge in [0.25, 0.3) is 0 Å². The maximum atomic E-state index is 6.12. The summed E-state index contributed by atoms with van der Waals surface area (Å²) >= 11 is 0. The maximum Gasteiger partial charge on any atom is 0.119 e. The van der Waals surface area contributed by atoms with Crippen molar-refractivity contribution in [2.45, 2.75) is 38.8 Å². The Bertz CT molecular complexity index is 309. The van der Waals surface area contributed by atoms with Crippen LogP contribution in [0.4, 0.5) is 0 Å². The van der Waals surface area contributed by atoms with Gasteiger partial charge in [-0.15, -0.1) is 0 Å². The lowest BCUT2D eigenvalue weighted by atomic mass is 10.0. The second-order valence-corrected chi connectivity index (χ2v) is 4.59. The third-order valence-electron chi connectivity index (χ3n) is 2.62. The molecule has 1 aromatic carbocycles. The number of hydrogen-bond acceptors (Lipinski definition) is 3. The quantitative estimate of drug-likeness (QED) is 0.715. The number of nitrogens with two attached hydrogens (primary N) is 1. The van der Waals surface area contributed by atoms with Crippen molar-refractivity contribution in [1.29, 1.82) is 0 Å². The highest BCUT2D eigenvalue weighted by Crippen LogP contribution is 2.20. The lowest BCUT2D eigenvalue weighted by molar-refractivity contribution is 0.242. The van der Waals surface area contributed by atoms with Gasteiger partial charge in [-0.1, -0.05) is 12.1 Å². The number of nitrogens with one attached hydrogen (secondary N) is 1. The molecule has 0 spiro atoms. The Hall–Kier alpha value is -1.06. The smallest absolute Gasteiger partial charge is 0.119 e. The van der Waals surface area contributed by atoms with Gasteiger partial charge in [-0.25, -0.2) is 0 Å². The fourth-order valence-electron chi connectivity index (χ4n) is 1.73. The van der Waals surface area contributed by atoms with Crippen molar-refractivity contribution in [2.75, 3.05) is 13.6 Å². The summed E-state index contributed by atoms with van der Waals surface area (Å²) in [5, 5.41) is 3.13. The molecule has 0 aliphatic heterocycles. The molecule has 0 saturated carbocycles. The molecule has 1 aromatic rings. The van der Waals surface area contributed by atoms with Crippen LogP contribution in [-0.4, -0.2) is 19.7 Å². The minimum absolute atomic E-state index is 0.122. The van der Waals surface area contributed by atoms with E-state index < -0.39 is 0 Å². The van der Waals surface area contributed by atoms with E-state index in [9.17, 15) is 0 Å². The van der Waals surface area contributed by atoms with Crippen LogP contribution in [0.1, 0.15) is 38.3 Å². The Kier molecular flexibility index (Phi) is 6.01. The molecule has 0 aliphatic carbocycles. The molecule has 0 fully saturated rings. The van der Waals surface area contributed by atoms with E-state index in [-0.39, 0.29) is 12.1 Å². The minimum Gasteiger partial charge on any atom is -0.491 e. The number of hydrogen-bond donors (Lipinski definition) is 2. The largest absolute Gasteiger partial charge is 0.491 e. The fraction of sp³-hybridized carbons (Fsp3) is 0.571. The Labute approximate surface area is 104 Å². The molecular formula is C14H24N2O. The summed E-state index contributed by atoms with van der Waals surface area (Å²) < 4.78 is 5.60. The molecule has 17 heavy (non-hydrogen) atoms. The van der Waals surface area contributed by atoms with Crippen LogP contribution < -0.4 is 15.8 Å². The molecule has 3 nitrogen and oxygen atoms in total. The van der Waals surface area contributed by atoms with Gasteiger partial charge < -0.3 is 15.8 Å². The summed E-state index contributed by atoms with van der Waals surface area (Å²) in [4.78, 5) is 0. The molecule has 1 atom stereocenters. The first kappa shape index (κ1) is 14.0. The van der Waals surface area contributed by atoms with Gasteiger partial charge >= 0.3 is 0 Å². The van der Waals surface area contributed by atoms with Crippen LogP contribution >= 0.6 is 0 Å². The normalized spacial score (nSPS) is 12.8. The molecule has 0 amide bonds. The number of benzene rings is 1. The fourth-order valence-corrected chi connectivity index (χ4v) is 1.73. The summed E-state index contributed by atoms with van der Waals surface area (Å²) in [5.41, 5.74) is 7.30. The van der Waals surface area contributed by atoms with Gasteiger partial charge in [-0.3, -0.25) is 0 Å². The molecule has 0 bridgehead atoms. The molecule has 0 saturated heterocycles. The molecular weight excluding hydrogens is 212 g/mol. The molecule has 3 N–H and O–H groups in total. The Morgan fingerprint density at radius 1 is 1.24 bits per heavy atom. The molecule has 0 heterocycles. The first-order chi connectivity index (χ1) is 8.13. The highest BCUT2D eigenvalue weighted by atomic mass is 16.5. The first-order valence-corrected chi connectivity index (χ1v) is 6.30. The maximum absolute atomic E-state index is 6.12. The van der Waals surface area contributed by atoms with Crippen molar-refractivity contribution in [3.05, 3.63) is 29.8 Å². The number of rotatable bonds is 7. The zero-order valence-corrected chi connectivity index (χ0v) is 11.1. The molecule has 0 radical (unpaired) electrons. The van der Waals surface area contributed by atoms with Crippen LogP contribution in [0, 0.1) is 0 Å². The van der Waals surface area contributed by atoms with Crippen LogP contribution in [0.15, 0.2) is 24.3 Å². The van der Waals surface area contributed by atoms with Gasteiger partial charge in [0.2, 0.25) is 0 Å². The predicted molar refractivity (Wildman–Crippen MR) is 72.3 cm³/mol. The van der Waals surface area contributed by atoms with E-state index in [0.29, 0.717) is 0 Å². The van der Waals surface area contributed by atoms with E-state index in [2.05, 4.69) is 17.4 Å². The van der Waals surface area contributed by atoms with Gasteiger partial charge in [-0.05, 0) is 58.0 Å². The van der Waals surface area contributed by atoms with Gasteiger partial charge in [0, 0.05) is 6.04 Å². The standard InChI is InChI=1S/C14H24N2O/c1-11(2)17-13-8-6-12(7-9-13)14(15)5-4-10-16-3/h6-9,11,14,16H,4-5,10,15H2,1-3H3. The van der Waals surface area contributed by atoms with Crippen LogP contribution in [-0.2, 0) is 0 Å². The van der Waals surface area contributed by atoms with Crippen molar-refractivity contribution >= 4 is 0 Å². The minimum atomic E-state index is 0.122. The second-order valence-electron chi connectivity index (χ2n) is 4.59. The van der Waals surface area contributed by atoms with Crippen molar-refractivity contribution < 1.29 is 4.74 Å². The highest BCUT2D eigenvalue weighted by molar-refractivity contribution is 5.29. The van der Waals surface area contributed by atoms with Crippen LogP contribution in [0.5, 0.6) is 5.75 Å². The van der Waals surface area contributed by atoms with E-state index in [1.807, 2.05) is 33.0 Å². The Morgan fingerprint density at radius 2 is 1.88 bits per heavy atom. The molecule has 96 valence electrons. The average molecular weight is 236 g/mol. The summed E-state index contributed by atoms with van der Waals surface area (Å²) in [7, 11) is 1.96. The van der Waals surface area contributed by atoms with Crippen molar-refractivity contribution in [3.63, 3.8) is 0 Å². The third-order valence-corrected chi connectivity index (χ3v) is 2.62. The lowest BCUT2D eigenvalue weighted by Gasteiger charge is -2.14. The number of ether oxygens (including phenoxy) is 1. The van der Waals surface area contributed by atoms with E-state index in [4.69, 9.17) is 10.5 Å². The second kappa shape index (κ2) is 7.30. The summed E-state index contributed by atoms with van der Waals surface area (Å²) in [6.07, 6.45) is 2.32. The topological polar surface area (TPSA) is 47.3 Å². The summed E-state index contributed by atoms with van der Waals surface area (Å²) in [6, 6.07) is 8.22. The third kappa shape index (κ3) is 5.20. The van der Waals surface area contributed by atoms with Crippen LogP contribution in [0.25, 0.3) is 0 Å². The highest BCUT2D eigenvalue weighted by Gasteiger charge is 2.06. The van der Waals surface area contributed by atoms with E-state index in [1.54, 1.807) is 0 Å². The van der Waals surface area contributed by atoms with Crippen LogP contribution in [0.3, 0.4) is 0 Å². The monoisotopic (exact) mass is 236 g/mol. The zero-order chi connectivity index (χ0) is 12.7. The lowest BCUT2D eigenvalue weighted by Crippen LogP contribution is -2.14. The molecule has 3 heteroatoms. The van der Waals surface area contributed by atoms with Gasteiger partial charge in [-0.2, -0.15) is 0 Å². The van der Waals surface area contributed by atoms with Crippen molar-refractivity contribution in [3.8, 4) is 5.75 Å². The van der Waals surface area contributed by atoms with Gasteiger partial charge in [0.1, 0.15) is 5.75 Å². The Balaban J connectivity index is 2.48. The summed E-state index contributed by atoms with van der Waals surface area (Å²) in [5.74, 6) is 0.908. The summed E-state index contributed by atoms with van der Waals surface area (Å²) in [6.45, 7) is 5.07. The zero-order valence-electron chi connectivity index (χ0n) is 11.1. The van der Waals surface area contributed by atoms with E-state index in [1.165, 1.54) is 5.56 Å². The average Bonchev–Trinajstić information content (AvgIpc) is 2.29. The first-order valence-electron chi connectivity index (χ1n) is 6.30. The molecule has 1 rings (SSSR count). The van der Waals surface area contributed by atoms with Crippen molar-refractivity contribution in [1.82, 2.24) is 5.32 Å². The van der Waals surface area contributed by atoms with E-state index in [0.717, 1.165) is 25.1 Å².